The van der Waals surface area contributed by atoms with Crippen LogP contribution in [0.5, 0.6) is 5.75 Å². The highest BCUT2D eigenvalue weighted by atomic mass is 35.5. The molecule has 1 aliphatic rings. The third-order valence-corrected chi connectivity index (χ3v) is 6.54. The number of likely N-dealkylation sites (tertiary alicyclic amines) is 1. The van der Waals surface area contributed by atoms with Crippen molar-refractivity contribution in [3.8, 4) is 5.75 Å². The molecule has 31 heavy (non-hydrogen) atoms. The zero-order chi connectivity index (χ0) is 21.8. The number of ether oxygens (including phenoxy) is 1. The van der Waals surface area contributed by atoms with Crippen LogP contribution in [0.4, 0.5) is 5.69 Å². The fraction of sp³-hybridized carbons (Fsp3) is 0.167. The van der Waals surface area contributed by atoms with Gasteiger partial charge >= 0.3 is 0 Å². The summed E-state index contributed by atoms with van der Waals surface area (Å²) in [6.45, 7) is 0.247. The van der Waals surface area contributed by atoms with E-state index in [9.17, 15) is 9.59 Å². The van der Waals surface area contributed by atoms with Gasteiger partial charge in [0.15, 0.2) is 0 Å². The predicted molar refractivity (Wildman–Crippen MR) is 124 cm³/mol. The number of nitrogens with zero attached hydrogens (tertiary/aromatic N) is 1. The Bertz CT molecular complexity index is 1060. The van der Waals surface area contributed by atoms with Gasteiger partial charge < -0.3 is 10.1 Å². The molecule has 7 heteroatoms. The topological polar surface area (TPSA) is 58.6 Å². The van der Waals surface area contributed by atoms with Crippen LogP contribution in [-0.2, 0) is 16.1 Å². The van der Waals surface area contributed by atoms with Gasteiger partial charge in [-0.1, -0.05) is 41.9 Å². The highest BCUT2D eigenvalue weighted by Crippen LogP contribution is 2.34. The molecule has 3 aromatic rings. The number of carbonyl (C=O) groups is 2. The Morgan fingerprint density at radius 2 is 1.61 bits per heavy atom. The summed E-state index contributed by atoms with van der Waals surface area (Å²) in [4.78, 5) is 28.8. The summed E-state index contributed by atoms with van der Waals surface area (Å²) in [6.07, 6.45) is 0. The molecule has 0 saturated carbocycles. The minimum Gasteiger partial charge on any atom is -0.497 e. The first kappa shape index (κ1) is 21.3. The Morgan fingerprint density at radius 1 is 0.935 bits per heavy atom. The highest BCUT2D eigenvalue weighted by Gasteiger charge is 2.48. The number of rotatable bonds is 7. The molecule has 1 saturated heterocycles. The number of benzene rings is 3. The van der Waals surface area contributed by atoms with Gasteiger partial charge in [-0.3, -0.25) is 14.5 Å². The van der Waals surface area contributed by atoms with Crippen molar-refractivity contribution in [2.75, 3.05) is 12.4 Å². The lowest BCUT2D eigenvalue weighted by Crippen LogP contribution is -2.35. The maximum absolute atomic E-state index is 13.3. The normalized spacial score (nSPS) is 18.3. The van der Waals surface area contributed by atoms with E-state index in [2.05, 4.69) is 5.32 Å². The molecule has 0 aromatic heterocycles. The average molecular weight is 453 g/mol. The molecule has 0 radical (unpaired) electrons. The van der Waals surface area contributed by atoms with E-state index in [0.29, 0.717) is 5.02 Å². The van der Waals surface area contributed by atoms with Gasteiger partial charge in [-0.15, -0.1) is 11.8 Å². The van der Waals surface area contributed by atoms with Crippen molar-refractivity contribution < 1.29 is 14.3 Å². The van der Waals surface area contributed by atoms with E-state index < -0.39 is 11.3 Å². The second-order valence-corrected chi connectivity index (χ2v) is 8.74. The molecule has 2 amide bonds. The van der Waals surface area contributed by atoms with Gasteiger partial charge in [0.2, 0.25) is 5.91 Å². The maximum atomic E-state index is 13.3. The number of nitrogens with one attached hydrogen (secondary N) is 1. The van der Waals surface area contributed by atoms with Crippen LogP contribution in [0, 0.1) is 0 Å². The van der Waals surface area contributed by atoms with Crippen molar-refractivity contribution in [3.63, 3.8) is 0 Å². The molecule has 4 rings (SSSR count). The van der Waals surface area contributed by atoms with E-state index in [1.807, 2.05) is 66.7 Å². The maximum Gasteiger partial charge on any atom is 0.253 e. The van der Waals surface area contributed by atoms with Gasteiger partial charge in [0.1, 0.15) is 17.0 Å². The Labute approximate surface area is 190 Å². The Morgan fingerprint density at radius 3 is 2.26 bits per heavy atom. The quantitative estimate of drug-likeness (QED) is 0.519. The average Bonchev–Trinajstić information content (AvgIpc) is 3.01. The van der Waals surface area contributed by atoms with Gasteiger partial charge in [0, 0.05) is 15.6 Å². The molecule has 1 heterocycles. The first-order chi connectivity index (χ1) is 15.0. The molecule has 0 spiro atoms. The molecular weight excluding hydrogens is 432 g/mol. The van der Waals surface area contributed by atoms with Crippen LogP contribution < -0.4 is 10.1 Å². The molecule has 0 unspecified atom stereocenters. The molecule has 1 fully saturated rings. The SMILES string of the molecule is COc1ccc(N[C@H]2C(=O)N(Cc3ccccc3)C(=O)[C@@H]2Sc2ccc(Cl)cc2)cc1. The van der Waals surface area contributed by atoms with E-state index in [-0.39, 0.29) is 18.4 Å². The van der Waals surface area contributed by atoms with Crippen LogP contribution in [0.1, 0.15) is 5.56 Å². The lowest BCUT2D eigenvalue weighted by Gasteiger charge is -2.18. The number of imide groups is 1. The van der Waals surface area contributed by atoms with Crippen molar-refractivity contribution in [1.82, 2.24) is 4.90 Å². The fourth-order valence-electron chi connectivity index (χ4n) is 3.41. The van der Waals surface area contributed by atoms with Crippen LogP contribution in [0.2, 0.25) is 5.02 Å². The van der Waals surface area contributed by atoms with Crippen LogP contribution in [0.3, 0.4) is 0 Å². The van der Waals surface area contributed by atoms with Gasteiger partial charge in [-0.25, -0.2) is 0 Å². The second-order valence-electron chi connectivity index (χ2n) is 7.09. The third-order valence-electron chi connectivity index (χ3n) is 5.02. The molecule has 1 N–H and O–H groups in total. The molecule has 3 aromatic carbocycles. The third kappa shape index (κ3) is 4.86. The summed E-state index contributed by atoms with van der Waals surface area (Å²) >= 11 is 7.36. The van der Waals surface area contributed by atoms with Gasteiger partial charge in [-0.2, -0.15) is 0 Å². The second kappa shape index (κ2) is 9.45. The molecule has 0 bridgehead atoms. The molecule has 1 aliphatic heterocycles. The van der Waals surface area contributed by atoms with E-state index in [4.69, 9.17) is 16.3 Å². The Balaban J connectivity index is 1.60. The standard InChI is InChI=1S/C24H21ClN2O3S/c1-30-19-11-9-18(10-12-19)26-21-22(31-20-13-7-17(25)8-14-20)24(29)27(23(21)28)15-16-5-3-2-4-6-16/h2-14,21-22,26H,15H2,1H3/t21-,22-/m1/s1. The first-order valence-corrected chi connectivity index (χ1v) is 11.0. The molecular formula is C24H21ClN2O3S. The highest BCUT2D eigenvalue weighted by molar-refractivity contribution is 8.00. The summed E-state index contributed by atoms with van der Waals surface area (Å²) in [6, 6.07) is 23.4. The van der Waals surface area contributed by atoms with Crippen molar-refractivity contribution in [2.45, 2.75) is 22.7 Å². The Hall–Kier alpha value is -2.96. The number of hydrogen-bond acceptors (Lipinski definition) is 5. The fourth-order valence-corrected chi connectivity index (χ4v) is 4.67. The monoisotopic (exact) mass is 452 g/mol. The summed E-state index contributed by atoms with van der Waals surface area (Å²) in [5.41, 5.74) is 1.65. The van der Waals surface area contributed by atoms with Gasteiger partial charge in [0.05, 0.1) is 13.7 Å². The number of anilines is 1. The minimum atomic E-state index is -0.690. The number of methoxy groups -OCH3 is 1. The zero-order valence-electron chi connectivity index (χ0n) is 16.8. The minimum absolute atomic E-state index is 0.209. The lowest BCUT2D eigenvalue weighted by atomic mass is 10.2. The van der Waals surface area contributed by atoms with Gasteiger partial charge in [0.25, 0.3) is 5.91 Å². The molecule has 158 valence electrons. The largest absolute Gasteiger partial charge is 0.497 e. The number of carbonyl (C=O) groups excluding carboxylic acids is 2. The molecule has 2 atom stereocenters. The zero-order valence-corrected chi connectivity index (χ0v) is 18.4. The van der Waals surface area contributed by atoms with Crippen LogP contribution >= 0.6 is 23.4 Å². The number of thioether (sulfide) groups is 1. The van der Waals surface area contributed by atoms with Crippen LogP contribution in [-0.4, -0.2) is 35.1 Å². The lowest BCUT2D eigenvalue weighted by molar-refractivity contribution is -0.139. The van der Waals surface area contributed by atoms with Crippen LogP contribution in [0.25, 0.3) is 0 Å². The van der Waals surface area contributed by atoms with Crippen molar-refractivity contribution in [1.29, 1.82) is 0 Å². The van der Waals surface area contributed by atoms with Crippen molar-refractivity contribution >= 4 is 40.9 Å². The Kier molecular flexibility index (Phi) is 6.49. The summed E-state index contributed by atoms with van der Waals surface area (Å²) in [5, 5.41) is 3.28. The number of hydrogen-bond donors (Lipinski definition) is 1. The number of halogens is 1. The van der Waals surface area contributed by atoms with Crippen molar-refractivity contribution in [3.05, 3.63) is 89.4 Å². The summed E-state index contributed by atoms with van der Waals surface area (Å²) in [5.74, 6) is 0.271. The first-order valence-electron chi connectivity index (χ1n) is 9.77. The summed E-state index contributed by atoms with van der Waals surface area (Å²) in [7, 11) is 1.60. The van der Waals surface area contributed by atoms with E-state index in [0.717, 1.165) is 21.9 Å². The van der Waals surface area contributed by atoms with Crippen LogP contribution in [0.15, 0.2) is 83.8 Å². The van der Waals surface area contributed by atoms with E-state index in [1.165, 1.54) is 16.7 Å². The predicted octanol–water partition coefficient (Wildman–Crippen LogP) is 4.86. The summed E-state index contributed by atoms with van der Waals surface area (Å²) < 4.78 is 5.20. The van der Waals surface area contributed by atoms with Gasteiger partial charge in [-0.05, 0) is 54.1 Å². The van der Waals surface area contributed by atoms with E-state index in [1.54, 1.807) is 19.2 Å². The number of amides is 2. The van der Waals surface area contributed by atoms with E-state index >= 15 is 0 Å². The van der Waals surface area contributed by atoms with Crippen molar-refractivity contribution in [2.24, 2.45) is 0 Å². The molecule has 0 aliphatic carbocycles. The smallest absolute Gasteiger partial charge is 0.253 e. The molecule has 5 nitrogen and oxygen atoms in total.